The van der Waals surface area contributed by atoms with Gasteiger partial charge in [-0.05, 0) is 60.0 Å². The number of halogens is 1. The minimum absolute atomic E-state index is 0.162. The van der Waals surface area contributed by atoms with Crippen molar-refractivity contribution in [1.29, 1.82) is 0 Å². The highest BCUT2D eigenvalue weighted by atomic mass is 79.9. The Balaban J connectivity index is 1.47. The number of benzene rings is 3. The molecule has 2 atom stereocenters. The normalized spacial score (nSPS) is 16.8. The molecule has 1 aliphatic heterocycles. The van der Waals surface area contributed by atoms with Gasteiger partial charge in [0.15, 0.2) is 0 Å². The van der Waals surface area contributed by atoms with Gasteiger partial charge in [0, 0.05) is 29.3 Å². The van der Waals surface area contributed by atoms with Crippen molar-refractivity contribution in [1.82, 2.24) is 4.90 Å². The van der Waals surface area contributed by atoms with Gasteiger partial charge in [-0.1, -0.05) is 52.3 Å². The number of β-amino-alcohol motifs (C(OH)–C–C–N with tert-alkyl or cyclic N) is 1. The van der Waals surface area contributed by atoms with Crippen molar-refractivity contribution in [3.63, 3.8) is 0 Å². The van der Waals surface area contributed by atoms with Gasteiger partial charge in [-0.3, -0.25) is 14.5 Å². The molecule has 2 amide bonds. The molecule has 0 radical (unpaired) electrons. The predicted molar refractivity (Wildman–Crippen MR) is 143 cm³/mol. The van der Waals surface area contributed by atoms with Crippen molar-refractivity contribution < 1.29 is 14.7 Å². The number of nitrogens with two attached hydrogens (primary N) is 1. The fourth-order valence-electron chi connectivity index (χ4n) is 4.02. The molecule has 8 heteroatoms. The standard InChI is InChI=1S/C27H27BrN4O3/c28-20-10-12-21(13-11-20)30-27(35)26(32-16-15-22(33)17-32)19-8-5-18(6-9-19)7-14-25(34)31-24-4-2-1-3-23(24)29/h1-14,22,26,33H,15-17,29H2,(H,30,35)(H,31,34). The van der Waals surface area contributed by atoms with Crippen LogP contribution in [0.1, 0.15) is 23.6 Å². The third kappa shape index (κ3) is 6.57. The van der Waals surface area contributed by atoms with Crippen LogP contribution in [0.25, 0.3) is 6.08 Å². The lowest BCUT2D eigenvalue weighted by Gasteiger charge is -2.27. The van der Waals surface area contributed by atoms with Gasteiger partial charge in [-0.15, -0.1) is 0 Å². The second-order valence-corrected chi connectivity index (χ2v) is 9.33. The number of rotatable bonds is 7. The van der Waals surface area contributed by atoms with E-state index in [0.717, 1.165) is 15.6 Å². The number of carbonyl (C=O) groups excluding carboxylic acids is 2. The molecule has 0 spiro atoms. The Morgan fingerprint density at radius 1 is 1.03 bits per heavy atom. The molecule has 1 heterocycles. The first-order chi connectivity index (χ1) is 16.9. The average molecular weight is 535 g/mol. The number of aliphatic hydroxyl groups excluding tert-OH is 1. The van der Waals surface area contributed by atoms with Gasteiger partial charge in [0.1, 0.15) is 6.04 Å². The van der Waals surface area contributed by atoms with E-state index in [2.05, 4.69) is 26.6 Å². The van der Waals surface area contributed by atoms with Crippen molar-refractivity contribution in [3.05, 3.63) is 94.5 Å². The topological polar surface area (TPSA) is 108 Å². The summed E-state index contributed by atoms with van der Waals surface area (Å²) in [7, 11) is 0. The molecule has 1 saturated heterocycles. The quantitative estimate of drug-likeness (QED) is 0.265. The third-order valence-electron chi connectivity index (χ3n) is 5.82. The summed E-state index contributed by atoms with van der Waals surface area (Å²) in [5.41, 5.74) is 9.26. The van der Waals surface area contributed by atoms with Crippen LogP contribution in [0.4, 0.5) is 17.1 Å². The molecule has 0 saturated carbocycles. The number of hydrogen-bond donors (Lipinski definition) is 4. The first kappa shape index (κ1) is 24.7. The number of likely N-dealkylation sites (tertiary alicyclic amines) is 1. The van der Waals surface area contributed by atoms with Gasteiger partial charge in [-0.2, -0.15) is 0 Å². The molecule has 2 unspecified atom stereocenters. The number of amides is 2. The molecule has 1 aliphatic rings. The van der Waals surface area contributed by atoms with Crippen LogP contribution >= 0.6 is 15.9 Å². The average Bonchev–Trinajstić information content (AvgIpc) is 3.27. The van der Waals surface area contributed by atoms with Crippen LogP contribution in [0.15, 0.2) is 83.3 Å². The van der Waals surface area contributed by atoms with E-state index in [0.29, 0.717) is 36.6 Å². The van der Waals surface area contributed by atoms with Gasteiger partial charge in [0.25, 0.3) is 0 Å². The lowest BCUT2D eigenvalue weighted by molar-refractivity contribution is -0.121. The van der Waals surface area contributed by atoms with E-state index in [4.69, 9.17) is 5.73 Å². The van der Waals surface area contributed by atoms with E-state index in [1.807, 2.05) is 53.4 Å². The Morgan fingerprint density at radius 2 is 1.74 bits per heavy atom. The molecule has 0 aromatic heterocycles. The van der Waals surface area contributed by atoms with Crippen LogP contribution in [-0.4, -0.2) is 41.0 Å². The Morgan fingerprint density at radius 3 is 2.40 bits per heavy atom. The summed E-state index contributed by atoms with van der Waals surface area (Å²) in [6.45, 7) is 1.06. The number of anilines is 3. The van der Waals surface area contributed by atoms with E-state index < -0.39 is 12.1 Å². The maximum atomic E-state index is 13.3. The predicted octanol–water partition coefficient (Wildman–Crippen LogP) is 4.43. The summed E-state index contributed by atoms with van der Waals surface area (Å²) < 4.78 is 0.930. The number of para-hydroxylation sites is 2. The lowest BCUT2D eigenvalue weighted by Crippen LogP contribution is -2.36. The molecule has 3 aromatic carbocycles. The Bertz CT molecular complexity index is 1210. The second-order valence-electron chi connectivity index (χ2n) is 8.41. The summed E-state index contributed by atoms with van der Waals surface area (Å²) in [5.74, 6) is -0.450. The molecule has 0 bridgehead atoms. The first-order valence-electron chi connectivity index (χ1n) is 11.3. The Hall–Kier alpha value is -3.46. The van der Waals surface area contributed by atoms with Crippen LogP contribution in [0, 0.1) is 0 Å². The monoisotopic (exact) mass is 534 g/mol. The van der Waals surface area contributed by atoms with Gasteiger partial charge < -0.3 is 21.5 Å². The van der Waals surface area contributed by atoms with Crippen molar-refractivity contribution in [2.24, 2.45) is 0 Å². The van der Waals surface area contributed by atoms with E-state index in [1.165, 1.54) is 6.08 Å². The summed E-state index contributed by atoms with van der Waals surface area (Å²) in [6.07, 6.45) is 3.33. The van der Waals surface area contributed by atoms with Crippen molar-refractivity contribution in [2.45, 2.75) is 18.6 Å². The van der Waals surface area contributed by atoms with E-state index in [1.54, 1.807) is 30.3 Å². The molecular formula is C27H27BrN4O3. The zero-order valence-electron chi connectivity index (χ0n) is 19.0. The van der Waals surface area contributed by atoms with Crippen LogP contribution in [0.3, 0.4) is 0 Å². The number of hydrogen-bond acceptors (Lipinski definition) is 5. The molecule has 4 rings (SSSR count). The molecular weight excluding hydrogens is 508 g/mol. The summed E-state index contributed by atoms with van der Waals surface area (Å²) in [5, 5.41) is 15.8. The van der Waals surface area contributed by atoms with E-state index in [9.17, 15) is 14.7 Å². The number of nitrogens with zero attached hydrogens (tertiary/aromatic N) is 1. The molecule has 5 N–H and O–H groups in total. The van der Waals surface area contributed by atoms with Crippen molar-refractivity contribution >= 4 is 50.9 Å². The zero-order valence-corrected chi connectivity index (χ0v) is 20.6. The number of carbonyl (C=O) groups is 2. The highest BCUT2D eigenvalue weighted by Gasteiger charge is 2.33. The number of aliphatic hydroxyl groups is 1. The van der Waals surface area contributed by atoms with E-state index in [-0.39, 0.29) is 11.8 Å². The molecule has 1 fully saturated rings. The van der Waals surface area contributed by atoms with Crippen molar-refractivity contribution in [3.8, 4) is 0 Å². The highest BCUT2D eigenvalue weighted by Crippen LogP contribution is 2.28. The Labute approximate surface area is 212 Å². The van der Waals surface area contributed by atoms with Crippen LogP contribution in [-0.2, 0) is 9.59 Å². The summed E-state index contributed by atoms with van der Waals surface area (Å²) >= 11 is 3.40. The van der Waals surface area contributed by atoms with E-state index >= 15 is 0 Å². The van der Waals surface area contributed by atoms with Gasteiger partial charge in [0.2, 0.25) is 11.8 Å². The minimum atomic E-state index is -0.543. The number of nitrogen functional groups attached to an aromatic ring is 1. The Kier molecular flexibility index (Phi) is 7.97. The largest absolute Gasteiger partial charge is 0.397 e. The van der Waals surface area contributed by atoms with Gasteiger partial charge in [-0.25, -0.2) is 0 Å². The first-order valence-corrected chi connectivity index (χ1v) is 12.1. The highest BCUT2D eigenvalue weighted by molar-refractivity contribution is 9.10. The summed E-state index contributed by atoms with van der Waals surface area (Å²) in [6, 6.07) is 21.4. The molecule has 7 nitrogen and oxygen atoms in total. The fraction of sp³-hybridized carbons (Fsp3) is 0.185. The van der Waals surface area contributed by atoms with Crippen LogP contribution in [0.2, 0.25) is 0 Å². The van der Waals surface area contributed by atoms with Crippen LogP contribution < -0.4 is 16.4 Å². The maximum absolute atomic E-state index is 13.3. The van der Waals surface area contributed by atoms with Crippen LogP contribution in [0.5, 0.6) is 0 Å². The minimum Gasteiger partial charge on any atom is -0.397 e. The number of nitrogens with one attached hydrogen (secondary N) is 2. The molecule has 0 aliphatic carbocycles. The fourth-order valence-corrected chi connectivity index (χ4v) is 4.29. The molecule has 3 aromatic rings. The summed E-state index contributed by atoms with van der Waals surface area (Å²) in [4.78, 5) is 27.5. The maximum Gasteiger partial charge on any atom is 0.248 e. The van der Waals surface area contributed by atoms with Gasteiger partial charge >= 0.3 is 0 Å². The SMILES string of the molecule is Nc1ccccc1NC(=O)C=Cc1ccc(C(C(=O)Nc2ccc(Br)cc2)N2CCC(O)C2)cc1. The molecule has 180 valence electrons. The smallest absolute Gasteiger partial charge is 0.248 e. The van der Waals surface area contributed by atoms with Crippen molar-refractivity contribution in [2.75, 3.05) is 29.5 Å². The third-order valence-corrected chi connectivity index (χ3v) is 6.35. The molecule has 35 heavy (non-hydrogen) atoms. The second kappa shape index (κ2) is 11.3. The van der Waals surface area contributed by atoms with Gasteiger partial charge in [0.05, 0.1) is 17.5 Å². The zero-order chi connectivity index (χ0) is 24.8. The lowest BCUT2D eigenvalue weighted by atomic mass is 10.0.